The maximum Gasteiger partial charge on any atom is 0.241 e. The first kappa shape index (κ1) is 15.1. The van der Waals surface area contributed by atoms with Crippen molar-refractivity contribution >= 4 is 23.4 Å². The van der Waals surface area contributed by atoms with Crippen molar-refractivity contribution in [1.29, 1.82) is 0 Å². The molecule has 1 atom stereocenters. The van der Waals surface area contributed by atoms with Crippen LogP contribution in [0.4, 0.5) is 5.69 Å². The van der Waals surface area contributed by atoms with E-state index in [9.17, 15) is 4.79 Å². The number of aromatic nitrogens is 1. The first-order valence-electron chi connectivity index (χ1n) is 7.48. The Kier molecular flexibility index (Phi) is 5.08. The number of carbonyl (C=O) groups is 1. The predicted molar refractivity (Wildman–Crippen MR) is 89.9 cm³/mol. The Morgan fingerprint density at radius 2 is 2.27 bits per heavy atom. The van der Waals surface area contributed by atoms with Gasteiger partial charge >= 0.3 is 0 Å². The number of amides is 1. The molecule has 114 valence electrons. The molecule has 2 N–H and O–H groups in total. The largest absolute Gasteiger partial charge is 0.325 e. The number of hydrogen-bond donors (Lipinski definition) is 2. The zero-order chi connectivity index (χ0) is 15.2. The molecule has 1 amide bonds. The second-order valence-corrected chi connectivity index (χ2v) is 6.29. The van der Waals surface area contributed by atoms with Crippen LogP contribution in [-0.4, -0.2) is 23.5 Å². The van der Waals surface area contributed by atoms with E-state index in [2.05, 4.69) is 21.7 Å². The van der Waals surface area contributed by atoms with Gasteiger partial charge in [-0.15, -0.1) is 11.8 Å². The summed E-state index contributed by atoms with van der Waals surface area (Å²) in [5.41, 5.74) is 2.03. The molecule has 0 aliphatic carbocycles. The van der Waals surface area contributed by atoms with E-state index in [4.69, 9.17) is 0 Å². The lowest BCUT2D eigenvalue weighted by Gasteiger charge is -2.12. The Morgan fingerprint density at radius 3 is 3.05 bits per heavy atom. The molecule has 1 aliphatic heterocycles. The van der Waals surface area contributed by atoms with Crippen molar-refractivity contribution in [3.05, 3.63) is 54.2 Å². The number of pyridine rings is 1. The summed E-state index contributed by atoms with van der Waals surface area (Å²) < 4.78 is 0. The van der Waals surface area contributed by atoms with Crippen LogP contribution in [0.25, 0.3) is 0 Å². The van der Waals surface area contributed by atoms with Crippen molar-refractivity contribution in [2.24, 2.45) is 0 Å². The highest BCUT2D eigenvalue weighted by Crippen LogP contribution is 2.22. The van der Waals surface area contributed by atoms with E-state index in [1.165, 1.54) is 5.56 Å². The van der Waals surface area contributed by atoms with Gasteiger partial charge in [-0.05, 0) is 49.2 Å². The quantitative estimate of drug-likeness (QED) is 0.833. The van der Waals surface area contributed by atoms with Crippen molar-refractivity contribution < 1.29 is 4.79 Å². The third-order valence-corrected chi connectivity index (χ3v) is 4.61. The third-order valence-electron chi connectivity index (χ3n) is 3.60. The van der Waals surface area contributed by atoms with Gasteiger partial charge in [-0.1, -0.05) is 18.2 Å². The zero-order valence-corrected chi connectivity index (χ0v) is 13.1. The second kappa shape index (κ2) is 7.42. The van der Waals surface area contributed by atoms with Gasteiger partial charge in [-0.25, -0.2) is 4.98 Å². The molecule has 5 heteroatoms. The lowest BCUT2D eigenvalue weighted by atomic mass is 10.2. The van der Waals surface area contributed by atoms with E-state index in [1.54, 1.807) is 18.0 Å². The van der Waals surface area contributed by atoms with Gasteiger partial charge in [-0.2, -0.15) is 0 Å². The molecule has 2 aromatic rings. The maximum atomic E-state index is 12.1. The van der Waals surface area contributed by atoms with Crippen LogP contribution in [0.15, 0.2) is 53.7 Å². The molecule has 2 heterocycles. The molecule has 1 aliphatic rings. The number of thioether (sulfide) groups is 1. The summed E-state index contributed by atoms with van der Waals surface area (Å²) in [7, 11) is 0. The van der Waals surface area contributed by atoms with E-state index in [1.807, 2.05) is 36.4 Å². The monoisotopic (exact) mass is 313 g/mol. The fraction of sp³-hybridized carbons (Fsp3) is 0.294. The highest BCUT2D eigenvalue weighted by molar-refractivity contribution is 7.98. The topological polar surface area (TPSA) is 54.0 Å². The Bertz CT molecular complexity index is 627. The second-order valence-electron chi connectivity index (χ2n) is 5.30. The van der Waals surface area contributed by atoms with Crippen LogP contribution in [-0.2, 0) is 10.5 Å². The van der Waals surface area contributed by atoms with E-state index in [-0.39, 0.29) is 11.9 Å². The molecule has 1 fully saturated rings. The summed E-state index contributed by atoms with van der Waals surface area (Å²) >= 11 is 1.69. The molecule has 0 bridgehead atoms. The lowest BCUT2D eigenvalue weighted by Crippen LogP contribution is -2.35. The molecule has 1 saturated heterocycles. The molecule has 1 aromatic heterocycles. The molecule has 0 radical (unpaired) electrons. The van der Waals surface area contributed by atoms with Crippen LogP contribution >= 0.6 is 11.8 Å². The number of carbonyl (C=O) groups excluding carboxylic acids is 1. The molecule has 1 unspecified atom stereocenters. The van der Waals surface area contributed by atoms with Crippen molar-refractivity contribution in [3.63, 3.8) is 0 Å². The average Bonchev–Trinajstić information content (AvgIpc) is 3.09. The van der Waals surface area contributed by atoms with Gasteiger partial charge in [0.25, 0.3) is 0 Å². The third kappa shape index (κ3) is 4.08. The van der Waals surface area contributed by atoms with E-state index in [0.717, 1.165) is 35.9 Å². The standard InChI is InChI=1S/C17H19N3OS/c21-17(15-7-4-10-18-15)20-14-6-3-5-13(11-14)12-22-16-8-1-2-9-19-16/h1-3,5-6,8-9,11,15,18H,4,7,10,12H2,(H,20,21). The molecule has 4 nitrogen and oxygen atoms in total. The maximum absolute atomic E-state index is 12.1. The Hall–Kier alpha value is -1.85. The predicted octanol–water partition coefficient (Wildman–Crippen LogP) is 3.06. The number of rotatable bonds is 5. The fourth-order valence-corrected chi connectivity index (χ4v) is 3.27. The van der Waals surface area contributed by atoms with Crippen molar-refractivity contribution in [3.8, 4) is 0 Å². The van der Waals surface area contributed by atoms with Gasteiger partial charge in [0.05, 0.1) is 11.1 Å². The molecule has 0 saturated carbocycles. The first-order chi connectivity index (χ1) is 10.8. The van der Waals surface area contributed by atoms with Crippen LogP contribution in [0.5, 0.6) is 0 Å². The van der Waals surface area contributed by atoms with Crippen molar-refractivity contribution in [2.45, 2.75) is 29.7 Å². The van der Waals surface area contributed by atoms with Crippen molar-refractivity contribution in [1.82, 2.24) is 10.3 Å². The molecule has 0 spiro atoms. The number of nitrogens with one attached hydrogen (secondary N) is 2. The Morgan fingerprint density at radius 1 is 1.32 bits per heavy atom. The minimum Gasteiger partial charge on any atom is -0.325 e. The number of nitrogens with zero attached hydrogens (tertiary/aromatic N) is 1. The van der Waals surface area contributed by atoms with Gasteiger partial charge in [0.1, 0.15) is 0 Å². The Balaban J connectivity index is 1.58. The summed E-state index contributed by atoms with van der Waals surface area (Å²) in [5, 5.41) is 7.22. The smallest absolute Gasteiger partial charge is 0.241 e. The van der Waals surface area contributed by atoms with Gasteiger partial charge in [0.15, 0.2) is 0 Å². The average molecular weight is 313 g/mol. The molecular weight excluding hydrogens is 294 g/mol. The molecule has 22 heavy (non-hydrogen) atoms. The van der Waals surface area contributed by atoms with Gasteiger partial charge < -0.3 is 10.6 Å². The highest BCUT2D eigenvalue weighted by atomic mass is 32.2. The van der Waals surface area contributed by atoms with E-state index >= 15 is 0 Å². The van der Waals surface area contributed by atoms with Gasteiger partial charge in [0.2, 0.25) is 5.91 Å². The van der Waals surface area contributed by atoms with Crippen LogP contribution in [0.1, 0.15) is 18.4 Å². The summed E-state index contributed by atoms with van der Waals surface area (Å²) in [4.78, 5) is 16.4. The summed E-state index contributed by atoms with van der Waals surface area (Å²) in [5.74, 6) is 0.898. The number of anilines is 1. The summed E-state index contributed by atoms with van der Waals surface area (Å²) in [6.07, 6.45) is 3.79. The molecule has 3 rings (SSSR count). The molecular formula is C17H19N3OS. The van der Waals surface area contributed by atoms with Crippen LogP contribution in [0.3, 0.4) is 0 Å². The van der Waals surface area contributed by atoms with E-state index < -0.39 is 0 Å². The fourth-order valence-electron chi connectivity index (χ4n) is 2.47. The van der Waals surface area contributed by atoms with Crippen LogP contribution < -0.4 is 10.6 Å². The first-order valence-corrected chi connectivity index (χ1v) is 8.47. The minimum atomic E-state index is -0.0495. The van der Waals surface area contributed by atoms with Gasteiger partial charge in [0, 0.05) is 17.6 Å². The van der Waals surface area contributed by atoms with Gasteiger partial charge in [-0.3, -0.25) is 4.79 Å². The number of hydrogen-bond acceptors (Lipinski definition) is 4. The summed E-state index contributed by atoms with van der Waals surface area (Å²) in [6, 6.07) is 13.9. The SMILES string of the molecule is O=C(Nc1cccc(CSc2ccccn2)c1)C1CCCN1. The highest BCUT2D eigenvalue weighted by Gasteiger charge is 2.21. The van der Waals surface area contributed by atoms with E-state index in [0.29, 0.717) is 0 Å². The minimum absolute atomic E-state index is 0.0495. The van der Waals surface area contributed by atoms with Crippen LogP contribution in [0.2, 0.25) is 0 Å². The zero-order valence-electron chi connectivity index (χ0n) is 12.3. The number of benzene rings is 1. The Labute approximate surface area is 134 Å². The lowest BCUT2D eigenvalue weighted by molar-refractivity contribution is -0.117. The molecule has 1 aromatic carbocycles. The normalized spacial score (nSPS) is 17.4. The van der Waals surface area contributed by atoms with Crippen molar-refractivity contribution in [2.75, 3.05) is 11.9 Å². The van der Waals surface area contributed by atoms with Crippen LogP contribution in [0, 0.1) is 0 Å². The summed E-state index contributed by atoms with van der Waals surface area (Å²) in [6.45, 7) is 0.929.